The number of anilines is 1. The molecule has 4 aliphatic rings. The van der Waals surface area contributed by atoms with Gasteiger partial charge in [-0.2, -0.15) is 0 Å². The molecule has 4 amide bonds. The normalized spacial score (nSPS) is 33.4. The van der Waals surface area contributed by atoms with Crippen LogP contribution in [0.25, 0.3) is 0 Å². The number of nitrogens with one attached hydrogen (secondary N) is 1. The van der Waals surface area contributed by atoms with Crippen molar-refractivity contribution in [2.75, 3.05) is 12.0 Å². The lowest BCUT2D eigenvalue weighted by molar-refractivity contribution is -0.127. The van der Waals surface area contributed by atoms with Gasteiger partial charge in [0, 0.05) is 16.0 Å². The lowest BCUT2D eigenvalue weighted by Crippen LogP contribution is -2.60. The van der Waals surface area contributed by atoms with Gasteiger partial charge in [0.05, 0.1) is 24.6 Å². The fraction of sp³-hybridized carbons (Fsp3) is 0.333. The lowest BCUT2D eigenvalue weighted by atomic mass is 9.56. The number of allylic oxidation sites excluding steroid dienone is 2. The van der Waals surface area contributed by atoms with Crippen molar-refractivity contribution in [1.82, 2.24) is 5.32 Å². The Labute approximate surface area is 240 Å². The number of hydrogen-bond acceptors (Lipinski definition) is 6. The molecule has 1 saturated carbocycles. The number of rotatable bonds is 3. The van der Waals surface area contributed by atoms with Crippen molar-refractivity contribution in [3.05, 3.63) is 63.9 Å². The minimum Gasteiger partial charge on any atom is -0.504 e. The van der Waals surface area contributed by atoms with E-state index in [-0.39, 0.29) is 35.6 Å². The number of phenols is 1. The van der Waals surface area contributed by atoms with Gasteiger partial charge in [0.2, 0.25) is 11.8 Å². The summed E-state index contributed by atoms with van der Waals surface area (Å²) in [7, 11) is 1.36. The van der Waals surface area contributed by atoms with Crippen molar-refractivity contribution in [3.63, 3.8) is 0 Å². The Kier molecular flexibility index (Phi) is 5.91. The Hall–Kier alpha value is -2.95. The predicted octanol–water partition coefficient (Wildman–Crippen LogP) is 4.15. The Balaban J connectivity index is 1.62. The number of benzene rings is 2. The van der Waals surface area contributed by atoms with E-state index in [2.05, 4.69) is 21.2 Å². The Bertz CT molecular complexity index is 1520. The molecule has 6 unspecified atom stereocenters. The van der Waals surface area contributed by atoms with Gasteiger partial charge in [0.1, 0.15) is 5.82 Å². The highest BCUT2D eigenvalue weighted by atomic mass is 79.9. The molecule has 6 rings (SSSR count). The molecule has 6 atom stereocenters. The van der Waals surface area contributed by atoms with E-state index in [9.17, 15) is 28.7 Å². The molecule has 2 N–H and O–H groups in total. The highest BCUT2D eigenvalue weighted by molar-refractivity contribution is 9.10. The van der Waals surface area contributed by atoms with Crippen LogP contribution in [0.1, 0.15) is 24.3 Å². The summed E-state index contributed by atoms with van der Waals surface area (Å²) < 4.78 is 19.5. The zero-order valence-corrected chi connectivity index (χ0v) is 23.3. The van der Waals surface area contributed by atoms with Crippen molar-refractivity contribution >= 4 is 68.4 Å². The van der Waals surface area contributed by atoms with E-state index in [1.165, 1.54) is 25.3 Å². The first-order chi connectivity index (χ1) is 18.4. The van der Waals surface area contributed by atoms with Crippen LogP contribution in [0.15, 0.2) is 52.5 Å². The van der Waals surface area contributed by atoms with Crippen molar-refractivity contribution in [2.24, 2.45) is 17.8 Å². The average Bonchev–Trinajstić information content (AvgIpc) is 3.27. The van der Waals surface area contributed by atoms with Gasteiger partial charge >= 0.3 is 0 Å². The van der Waals surface area contributed by atoms with Gasteiger partial charge in [-0.05, 0) is 55.2 Å². The minimum absolute atomic E-state index is 0.0688. The number of carbonyl (C=O) groups excluding carboxylic acids is 4. The molecule has 0 spiro atoms. The Morgan fingerprint density at radius 2 is 1.77 bits per heavy atom. The van der Waals surface area contributed by atoms with Crippen LogP contribution in [0.5, 0.6) is 11.5 Å². The number of halogens is 4. The zero-order chi connectivity index (χ0) is 28.0. The summed E-state index contributed by atoms with van der Waals surface area (Å²) in [4.78, 5) is 50.4. The Morgan fingerprint density at radius 1 is 1.08 bits per heavy atom. The highest BCUT2D eigenvalue weighted by Crippen LogP contribution is 2.66. The van der Waals surface area contributed by atoms with Gasteiger partial charge < -0.3 is 9.84 Å². The largest absolute Gasteiger partial charge is 0.504 e. The fourth-order valence-electron chi connectivity index (χ4n) is 6.63. The van der Waals surface area contributed by atoms with Crippen molar-refractivity contribution < 1.29 is 33.4 Å². The third-order valence-electron chi connectivity index (χ3n) is 8.34. The summed E-state index contributed by atoms with van der Waals surface area (Å²) in [6.45, 7) is 0. The van der Waals surface area contributed by atoms with E-state index in [1.54, 1.807) is 12.1 Å². The molecular weight excluding hydrogens is 618 g/mol. The first-order valence-corrected chi connectivity index (χ1v) is 13.6. The summed E-state index contributed by atoms with van der Waals surface area (Å²) in [5, 5.41) is 13.6. The van der Waals surface area contributed by atoms with Crippen LogP contribution in [0, 0.1) is 23.6 Å². The number of nitrogens with zero attached hydrogens (tertiary/aromatic N) is 1. The molecule has 0 radical (unpaired) electrons. The third kappa shape index (κ3) is 3.40. The lowest BCUT2D eigenvalue weighted by Gasteiger charge is -2.50. The number of imide groups is 2. The molecular formula is C27H20BrCl2FN2O6. The second-order valence-corrected chi connectivity index (χ2v) is 12.3. The van der Waals surface area contributed by atoms with Gasteiger partial charge in [-0.3, -0.25) is 24.5 Å². The number of amides is 4. The molecule has 2 aromatic rings. The molecule has 3 fully saturated rings. The van der Waals surface area contributed by atoms with Crippen LogP contribution in [0.4, 0.5) is 10.1 Å². The summed E-state index contributed by atoms with van der Waals surface area (Å²) >= 11 is 17.8. The molecule has 12 heteroatoms. The summed E-state index contributed by atoms with van der Waals surface area (Å²) in [6.07, 6.45) is 1.74. The highest BCUT2D eigenvalue weighted by Gasteiger charge is 2.76. The molecule has 0 aromatic heterocycles. The van der Waals surface area contributed by atoms with Gasteiger partial charge in [-0.25, -0.2) is 9.29 Å². The maximum absolute atomic E-state index is 14.2. The molecule has 2 aromatic carbocycles. The van der Waals surface area contributed by atoms with Crippen LogP contribution >= 0.6 is 39.1 Å². The molecule has 39 heavy (non-hydrogen) atoms. The second kappa shape index (κ2) is 8.78. The smallest absolute Gasteiger partial charge is 0.258 e. The number of aromatic hydroxyl groups is 1. The van der Waals surface area contributed by atoms with Gasteiger partial charge in [0.25, 0.3) is 11.8 Å². The van der Waals surface area contributed by atoms with Crippen molar-refractivity contribution in [2.45, 2.75) is 28.5 Å². The van der Waals surface area contributed by atoms with Crippen LogP contribution in [0.2, 0.25) is 0 Å². The second-order valence-electron chi connectivity index (χ2n) is 10.2. The number of methoxy groups -OCH3 is 1. The van der Waals surface area contributed by atoms with E-state index in [1.807, 2.05) is 0 Å². The fourth-order valence-corrected chi connectivity index (χ4v) is 8.01. The number of carbonyl (C=O) groups is 4. The number of fused-ring (bicyclic) bond motifs is 4. The van der Waals surface area contributed by atoms with Gasteiger partial charge in [-0.1, -0.05) is 27.6 Å². The minimum atomic E-state index is -2.16. The van der Waals surface area contributed by atoms with Gasteiger partial charge in [-0.15, -0.1) is 23.2 Å². The standard InChI is InChI=1S/C27H20BrCl2FN2O6/c1-39-18-9-11(28)8-16(21(18)34)20-14-6-7-15-19(23(36)32-22(15)35)17(14)10-26(29)24(37)33(25(38)27(20,26)30)13-4-2-12(31)3-5-13/h2-6,8-9,15,17,19-20,34H,7,10H2,1H3,(H,32,35,36). The monoisotopic (exact) mass is 636 g/mol. The number of ether oxygens (including phenoxy) is 1. The van der Waals surface area contributed by atoms with Crippen LogP contribution in [-0.4, -0.2) is 45.6 Å². The van der Waals surface area contributed by atoms with Crippen LogP contribution < -0.4 is 15.0 Å². The average molecular weight is 638 g/mol. The van der Waals surface area contributed by atoms with E-state index in [4.69, 9.17) is 27.9 Å². The number of hydrogen-bond donors (Lipinski definition) is 2. The first kappa shape index (κ1) is 26.3. The first-order valence-electron chi connectivity index (χ1n) is 12.1. The molecule has 2 saturated heterocycles. The quantitative estimate of drug-likeness (QED) is 0.297. The molecule has 0 bridgehead atoms. The van der Waals surface area contributed by atoms with E-state index in [0.717, 1.165) is 17.0 Å². The summed E-state index contributed by atoms with van der Waals surface area (Å²) in [5.74, 6) is -6.84. The SMILES string of the molecule is COc1cc(Br)cc(C2C3=CCC4C(=O)NC(=O)C4C3CC3(Cl)C(=O)N(c4ccc(F)cc4)C(=O)C23Cl)c1O. The van der Waals surface area contributed by atoms with E-state index in [0.29, 0.717) is 10.0 Å². The molecule has 8 nitrogen and oxygen atoms in total. The number of alkyl halides is 2. The van der Waals surface area contributed by atoms with Crippen molar-refractivity contribution in [3.8, 4) is 11.5 Å². The maximum atomic E-state index is 14.2. The van der Waals surface area contributed by atoms with Crippen LogP contribution in [-0.2, 0) is 19.2 Å². The van der Waals surface area contributed by atoms with E-state index < -0.39 is 62.9 Å². The Morgan fingerprint density at radius 3 is 2.44 bits per heavy atom. The summed E-state index contributed by atoms with van der Waals surface area (Å²) in [6, 6.07) is 7.81. The molecule has 2 aliphatic carbocycles. The molecule has 2 heterocycles. The maximum Gasteiger partial charge on any atom is 0.258 e. The third-order valence-corrected chi connectivity index (χ3v) is 10.2. The van der Waals surface area contributed by atoms with E-state index >= 15 is 0 Å². The topological polar surface area (TPSA) is 113 Å². The molecule has 202 valence electrons. The summed E-state index contributed by atoms with van der Waals surface area (Å²) in [5.41, 5.74) is 0.742. The van der Waals surface area contributed by atoms with Crippen molar-refractivity contribution in [1.29, 1.82) is 0 Å². The molecule has 2 aliphatic heterocycles. The van der Waals surface area contributed by atoms with Gasteiger partial charge in [0.15, 0.2) is 21.2 Å². The van der Waals surface area contributed by atoms with Crippen LogP contribution in [0.3, 0.4) is 0 Å². The predicted molar refractivity (Wildman–Crippen MR) is 142 cm³/mol. The zero-order valence-electron chi connectivity index (χ0n) is 20.2. The number of phenolic OH excluding ortho intramolecular Hbond substituents is 1.